The Morgan fingerprint density at radius 1 is 1.43 bits per heavy atom. The van der Waals surface area contributed by atoms with Crippen LogP contribution in [0.3, 0.4) is 0 Å². The van der Waals surface area contributed by atoms with Gasteiger partial charge in [-0.15, -0.1) is 11.3 Å². The fourth-order valence-corrected chi connectivity index (χ4v) is 4.09. The monoisotopic (exact) mass is 307 g/mol. The number of nitrogens with one attached hydrogen (secondary N) is 1. The van der Waals surface area contributed by atoms with Crippen molar-refractivity contribution in [3.8, 4) is 0 Å². The Morgan fingerprint density at radius 2 is 2.19 bits per heavy atom. The summed E-state index contributed by atoms with van der Waals surface area (Å²) < 4.78 is 0. The maximum atomic E-state index is 12.9. The van der Waals surface area contributed by atoms with E-state index in [1.54, 1.807) is 17.5 Å². The second-order valence-electron chi connectivity index (χ2n) is 6.11. The molecule has 5 nitrogen and oxygen atoms in total. The number of aromatic nitrogens is 1. The van der Waals surface area contributed by atoms with Gasteiger partial charge in [0.25, 0.3) is 0 Å². The number of nitrogens with zero attached hydrogens (tertiary/aromatic N) is 2. The Hall–Kier alpha value is -1.43. The minimum Gasteiger partial charge on any atom is -0.342 e. The molecule has 114 valence electrons. The Balaban J connectivity index is 1.77. The van der Waals surface area contributed by atoms with Crippen molar-refractivity contribution in [2.24, 2.45) is 0 Å². The smallest absolute Gasteiger partial charge is 0.248 e. The van der Waals surface area contributed by atoms with Gasteiger partial charge in [-0.05, 0) is 12.8 Å². The number of carbonyl (C=O) groups is 2. The molecule has 1 unspecified atom stereocenters. The maximum absolute atomic E-state index is 12.9. The Labute approximate surface area is 128 Å². The Morgan fingerprint density at radius 3 is 2.86 bits per heavy atom. The molecule has 6 heteroatoms. The second kappa shape index (κ2) is 5.75. The summed E-state index contributed by atoms with van der Waals surface area (Å²) in [4.78, 5) is 31.1. The van der Waals surface area contributed by atoms with Crippen LogP contribution in [-0.2, 0) is 9.59 Å². The molecule has 1 saturated heterocycles. The zero-order chi connectivity index (χ0) is 14.9. The Kier molecular flexibility index (Phi) is 3.97. The molecule has 1 saturated carbocycles. The van der Waals surface area contributed by atoms with E-state index in [9.17, 15) is 9.59 Å². The first kappa shape index (κ1) is 14.5. The van der Waals surface area contributed by atoms with E-state index in [2.05, 4.69) is 17.2 Å². The van der Waals surface area contributed by atoms with Crippen LogP contribution in [-0.4, -0.2) is 40.3 Å². The predicted molar refractivity (Wildman–Crippen MR) is 81.1 cm³/mol. The lowest BCUT2D eigenvalue weighted by molar-refractivity contribution is -0.138. The minimum atomic E-state index is -0.629. The molecule has 0 radical (unpaired) electrons. The van der Waals surface area contributed by atoms with E-state index in [-0.39, 0.29) is 17.7 Å². The fraction of sp³-hybridized carbons (Fsp3) is 0.667. The highest BCUT2D eigenvalue weighted by Crippen LogP contribution is 2.33. The number of hydrogen-bond acceptors (Lipinski definition) is 4. The van der Waals surface area contributed by atoms with Crippen molar-refractivity contribution in [3.63, 3.8) is 0 Å². The molecule has 1 aromatic heterocycles. The van der Waals surface area contributed by atoms with Gasteiger partial charge < -0.3 is 10.2 Å². The van der Waals surface area contributed by atoms with E-state index in [4.69, 9.17) is 0 Å². The lowest BCUT2D eigenvalue weighted by Gasteiger charge is -2.32. The summed E-state index contributed by atoms with van der Waals surface area (Å²) in [5, 5.41) is 6.00. The van der Waals surface area contributed by atoms with Crippen molar-refractivity contribution in [2.75, 3.05) is 13.1 Å². The molecule has 0 aromatic carbocycles. The van der Waals surface area contributed by atoms with Crippen molar-refractivity contribution >= 4 is 23.2 Å². The standard InChI is InChI=1S/C15H21N3O2S/c1-11(13-16-7-9-21-13)10-18-8-4-12(19)17-15(14(18)20)5-2-3-6-15/h7,9,11H,2-6,8,10H2,1H3,(H,17,19). The highest BCUT2D eigenvalue weighted by molar-refractivity contribution is 7.09. The molecular formula is C15H21N3O2S. The molecule has 1 aromatic rings. The van der Waals surface area contributed by atoms with Crippen LogP contribution in [0, 0.1) is 0 Å². The fourth-order valence-electron chi connectivity index (χ4n) is 3.40. The van der Waals surface area contributed by atoms with Crippen LogP contribution in [0.4, 0.5) is 0 Å². The van der Waals surface area contributed by atoms with Crippen molar-refractivity contribution < 1.29 is 9.59 Å². The lowest BCUT2D eigenvalue weighted by atomic mass is 9.95. The summed E-state index contributed by atoms with van der Waals surface area (Å²) in [6, 6.07) is 0. The van der Waals surface area contributed by atoms with Gasteiger partial charge in [0, 0.05) is 37.0 Å². The van der Waals surface area contributed by atoms with E-state index >= 15 is 0 Å². The van der Waals surface area contributed by atoms with Gasteiger partial charge in [-0.3, -0.25) is 9.59 Å². The number of amides is 2. The van der Waals surface area contributed by atoms with Gasteiger partial charge in [0.2, 0.25) is 11.8 Å². The topological polar surface area (TPSA) is 62.3 Å². The predicted octanol–water partition coefficient (Wildman–Crippen LogP) is 1.91. The van der Waals surface area contributed by atoms with Crippen LogP contribution >= 0.6 is 11.3 Å². The summed E-state index contributed by atoms with van der Waals surface area (Å²) in [7, 11) is 0. The first-order valence-electron chi connectivity index (χ1n) is 7.60. The quantitative estimate of drug-likeness (QED) is 0.928. The molecule has 2 amide bonds. The molecule has 2 aliphatic rings. The average molecular weight is 307 g/mol. The summed E-state index contributed by atoms with van der Waals surface area (Å²) in [5.74, 6) is 0.324. The van der Waals surface area contributed by atoms with E-state index in [0.29, 0.717) is 19.5 Å². The van der Waals surface area contributed by atoms with Crippen LogP contribution in [0.1, 0.15) is 50.0 Å². The third-order valence-corrected chi connectivity index (χ3v) is 5.52. The second-order valence-corrected chi connectivity index (χ2v) is 7.04. The molecule has 21 heavy (non-hydrogen) atoms. The van der Waals surface area contributed by atoms with Crippen LogP contribution in [0.2, 0.25) is 0 Å². The number of hydrogen-bond donors (Lipinski definition) is 1. The highest BCUT2D eigenvalue weighted by Gasteiger charge is 2.46. The van der Waals surface area contributed by atoms with E-state index in [1.807, 2.05) is 10.3 Å². The third-order valence-electron chi connectivity index (χ3n) is 4.51. The normalized spacial score (nSPS) is 23.2. The van der Waals surface area contributed by atoms with Crippen molar-refractivity contribution in [1.82, 2.24) is 15.2 Å². The van der Waals surface area contributed by atoms with Gasteiger partial charge in [-0.2, -0.15) is 0 Å². The van der Waals surface area contributed by atoms with Crippen LogP contribution in [0.5, 0.6) is 0 Å². The molecule has 2 heterocycles. The molecule has 1 aliphatic carbocycles. The van der Waals surface area contributed by atoms with Gasteiger partial charge >= 0.3 is 0 Å². The number of carbonyl (C=O) groups excluding carboxylic acids is 2. The molecule has 1 spiro atoms. The molecule has 1 atom stereocenters. The molecule has 1 N–H and O–H groups in total. The van der Waals surface area contributed by atoms with Gasteiger partial charge in [-0.1, -0.05) is 19.8 Å². The summed E-state index contributed by atoms with van der Waals surface area (Å²) in [6.45, 7) is 3.25. The van der Waals surface area contributed by atoms with Gasteiger partial charge in [0.05, 0.1) is 5.01 Å². The first-order valence-corrected chi connectivity index (χ1v) is 8.48. The summed E-state index contributed by atoms with van der Waals surface area (Å²) in [5.41, 5.74) is -0.629. The number of thiazole rings is 1. The van der Waals surface area contributed by atoms with Gasteiger partial charge in [0.1, 0.15) is 5.54 Å². The van der Waals surface area contributed by atoms with Crippen molar-refractivity contribution in [1.29, 1.82) is 0 Å². The third kappa shape index (κ3) is 2.81. The SMILES string of the molecule is CC(CN1CCC(=O)NC2(CCCC2)C1=O)c1nccs1. The average Bonchev–Trinajstić information content (AvgIpc) is 3.12. The van der Waals surface area contributed by atoms with Gasteiger partial charge in [0.15, 0.2) is 0 Å². The van der Waals surface area contributed by atoms with E-state index in [0.717, 1.165) is 30.7 Å². The van der Waals surface area contributed by atoms with Gasteiger partial charge in [-0.25, -0.2) is 4.98 Å². The molecule has 1 aliphatic heterocycles. The lowest BCUT2D eigenvalue weighted by Crippen LogP contribution is -2.55. The molecule has 0 bridgehead atoms. The van der Waals surface area contributed by atoms with E-state index in [1.165, 1.54) is 0 Å². The minimum absolute atomic E-state index is 0.00894. The largest absolute Gasteiger partial charge is 0.342 e. The zero-order valence-electron chi connectivity index (χ0n) is 12.3. The van der Waals surface area contributed by atoms with Crippen molar-refractivity contribution in [3.05, 3.63) is 16.6 Å². The zero-order valence-corrected chi connectivity index (χ0v) is 13.1. The van der Waals surface area contributed by atoms with Crippen molar-refractivity contribution in [2.45, 2.75) is 50.5 Å². The highest BCUT2D eigenvalue weighted by atomic mass is 32.1. The maximum Gasteiger partial charge on any atom is 0.248 e. The molecule has 3 rings (SSSR count). The van der Waals surface area contributed by atoms with Crippen LogP contribution in [0.25, 0.3) is 0 Å². The van der Waals surface area contributed by atoms with Crippen LogP contribution < -0.4 is 5.32 Å². The number of rotatable bonds is 3. The van der Waals surface area contributed by atoms with E-state index < -0.39 is 5.54 Å². The summed E-state index contributed by atoms with van der Waals surface area (Å²) >= 11 is 1.62. The first-order chi connectivity index (χ1) is 10.1. The summed E-state index contributed by atoms with van der Waals surface area (Å²) in [6.07, 6.45) is 5.78. The Bertz CT molecular complexity index is 523. The molecule has 2 fully saturated rings. The van der Waals surface area contributed by atoms with Crippen LogP contribution in [0.15, 0.2) is 11.6 Å². The molecular weight excluding hydrogens is 286 g/mol.